The van der Waals surface area contributed by atoms with E-state index in [1.807, 2.05) is 22.8 Å². The zero-order chi connectivity index (χ0) is 18.1. The fourth-order valence-corrected chi connectivity index (χ4v) is 3.81. The average molecular weight is 350 g/mol. The van der Waals surface area contributed by atoms with Crippen LogP contribution in [-0.4, -0.2) is 34.5 Å². The molecule has 6 nitrogen and oxygen atoms in total. The lowest BCUT2D eigenvalue weighted by atomic mass is 10.1. The molecule has 0 spiro atoms. The van der Waals surface area contributed by atoms with Crippen molar-refractivity contribution in [2.24, 2.45) is 0 Å². The molecule has 1 aromatic carbocycles. The molecule has 0 saturated carbocycles. The monoisotopic (exact) mass is 350 g/mol. The minimum Gasteiger partial charge on any atom is -0.346 e. The number of rotatable bonds is 4. The predicted molar refractivity (Wildman–Crippen MR) is 99.5 cm³/mol. The third kappa shape index (κ3) is 2.71. The summed E-state index contributed by atoms with van der Waals surface area (Å²) in [5.74, 6) is -0.0327. The smallest absolute Gasteiger partial charge is 0.287 e. The SMILES string of the molecule is C=CCNC(=O)c1nc(C(=O)N2CCc3ccccc32)c2n1CCCC2. The number of carbonyl (C=O) groups is 2. The van der Waals surface area contributed by atoms with Crippen LogP contribution >= 0.6 is 0 Å². The molecule has 2 aliphatic rings. The van der Waals surface area contributed by atoms with Crippen molar-refractivity contribution in [2.75, 3.05) is 18.0 Å². The zero-order valence-electron chi connectivity index (χ0n) is 14.7. The number of imidazole rings is 1. The first-order valence-corrected chi connectivity index (χ1v) is 9.09. The maximum absolute atomic E-state index is 13.2. The van der Waals surface area contributed by atoms with Gasteiger partial charge < -0.3 is 14.8 Å². The van der Waals surface area contributed by atoms with Crippen molar-refractivity contribution in [3.05, 3.63) is 59.7 Å². The van der Waals surface area contributed by atoms with Gasteiger partial charge in [-0.2, -0.15) is 0 Å². The zero-order valence-corrected chi connectivity index (χ0v) is 14.7. The molecule has 0 fully saturated rings. The molecule has 3 heterocycles. The van der Waals surface area contributed by atoms with Gasteiger partial charge in [0.25, 0.3) is 11.8 Å². The first-order chi connectivity index (χ1) is 12.7. The largest absolute Gasteiger partial charge is 0.346 e. The van der Waals surface area contributed by atoms with E-state index in [1.165, 1.54) is 5.56 Å². The normalized spacial score (nSPS) is 15.3. The third-order valence-corrected chi connectivity index (χ3v) is 5.06. The van der Waals surface area contributed by atoms with Crippen LogP contribution in [0.1, 0.15) is 45.2 Å². The summed E-state index contributed by atoms with van der Waals surface area (Å²) in [7, 11) is 0. The second kappa shape index (κ2) is 6.78. The van der Waals surface area contributed by atoms with Crippen LogP contribution in [-0.2, 0) is 19.4 Å². The first kappa shape index (κ1) is 16.6. The Morgan fingerprint density at radius 2 is 2.04 bits per heavy atom. The number of fused-ring (bicyclic) bond motifs is 2. The Kier molecular flexibility index (Phi) is 4.32. The maximum Gasteiger partial charge on any atom is 0.287 e. The minimum atomic E-state index is -0.256. The number of amides is 2. The van der Waals surface area contributed by atoms with Crippen LogP contribution in [0.25, 0.3) is 0 Å². The Morgan fingerprint density at radius 3 is 2.88 bits per heavy atom. The molecule has 4 rings (SSSR count). The lowest BCUT2D eigenvalue weighted by molar-refractivity contribution is 0.0942. The number of hydrogen-bond donors (Lipinski definition) is 1. The molecule has 0 unspecified atom stereocenters. The summed E-state index contributed by atoms with van der Waals surface area (Å²) in [6.07, 6.45) is 5.26. The summed E-state index contributed by atoms with van der Waals surface area (Å²) in [6, 6.07) is 7.97. The summed E-state index contributed by atoms with van der Waals surface area (Å²) in [5.41, 5.74) is 3.44. The van der Waals surface area contributed by atoms with Crippen molar-refractivity contribution >= 4 is 17.5 Å². The van der Waals surface area contributed by atoms with Crippen LogP contribution in [0.2, 0.25) is 0 Å². The van der Waals surface area contributed by atoms with Crippen LogP contribution in [0.5, 0.6) is 0 Å². The van der Waals surface area contributed by atoms with Gasteiger partial charge >= 0.3 is 0 Å². The molecule has 0 saturated heterocycles. The van der Waals surface area contributed by atoms with Gasteiger partial charge in [0, 0.05) is 25.3 Å². The van der Waals surface area contributed by atoms with Crippen molar-refractivity contribution in [2.45, 2.75) is 32.2 Å². The molecule has 2 aliphatic heterocycles. The molecule has 134 valence electrons. The number of carbonyl (C=O) groups excluding carboxylic acids is 2. The Balaban J connectivity index is 1.70. The molecule has 6 heteroatoms. The molecule has 0 radical (unpaired) electrons. The van der Waals surface area contributed by atoms with Crippen molar-refractivity contribution < 1.29 is 9.59 Å². The highest BCUT2D eigenvalue weighted by Gasteiger charge is 2.32. The van der Waals surface area contributed by atoms with E-state index in [2.05, 4.69) is 22.9 Å². The molecule has 2 aromatic rings. The van der Waals surface area contributed by atoms with Gasteiger partial charge in [-0.1, -0.05) is 24.3 Å². The molecular formula is C20H22N4O2. The van der Waals surface area contributed by atoms with Crippen molar-refractivity contribution in [3.63, 3.8) is 0 Å². The summed E-state index contributed by atoms with van der Waals surface area (Å²) in [6.45, 7) is 5.38. The van der Waals surface area contributed by atoms with Gasteiger partial charge in [0.1, 0.15) is 0 Å². The lowest BCUT2D eigenvalue weighted by Gasteiger charge is -2.19. The van der Waals surface area contributed by atoms with Gasteiger partial charge in [-0.3, -0.25) is 9.59 Å². The van der Waals surface area contributed by atoms with E-state index < -0.39 is 0 Å². The van der Waals surface area contributed by atoms with Gasteiger partial charge in [-0.05, 0) is 37.3 Å². The van der Waals surface area contributed by atoms with E-state index in [0.29, 0.717) is 24.6 Å². The van der Waals surface area contributed by atoms with Crippen LogP contribution in [0.4, 0.5) is 5.69 Å². The average Bonchev–Trinajstić information content (AvgIpc) is 3.27. The molecule has 0 atom stereocenters. The van der Waals surface area contributed by atoms with Crippen molar-refractivity contribution in [1.29, 1.82) is 0 Å². The summed E-state index contributed by atoms with van der Waals surface area (Å²) in [4.78, 5) is 32.0. The number of hydrogen-bond acceptors (Lipinski definition) is 3. The van der Waals surface area contributed by atoms with Crippen LogP contribution < -0.4 is 10.2 Å². The number of para-hydroxylation sites is 1. The highest BCUT2D eigenvalue weighted by molar-refractivity contribution is 6.07. The molecular weight excluding hydrogens is 328 g/mol. The van der Waals surface area contributed by atoms with Gasteiger partial charge in [-0.15, -0.1) is 6.58 Å². The van der Waals surface area contributed by atoms with E-state index in [0.717, 1.165) is 43.6 Å². The van der Waals surface area contributed by atoms with Gasteiger partial charge in [-0.25, -0.2) is 4.98 Å². The standard InChI is InChI=1S/C20H22N4O2/c1-2-11-21-19(25)18-22-17(16-9-5-6-12-23(16)18)20(26)24-13-10-14-7-3-4-8-15(14)24/h2-4,7-8H,1,5-6,9-13H2,(H,21,25). The van der Waals surface area contributed by atoms with Crippen LogP contribution in [0.15, 0.2) is 36.9 Å². The Morgan fingerprint density at radius 1 is 1.19 bits per heavy atom. The van der Waals surface area contributed by atoms with Gasteiger partial charge in [0.05, 0.1) is 5.69 Å². The van der Waals surface area contributed by atoms with Gasteiger partial charge in [0.15, 0.2) is 11.5 Å². The lowest BCUT2D eigenvalue weighted by Crippen LogP contribution is -2.30. The second-order valence-corrected chi connectivity index (χ2v) is 6.67. The predicted octanol–water partition coefficient (Wildman–Crippen LogP) is 2.34. The van der Waals surface area contributed by atoms with Crippen molar-refractivity contribution in [1.82, 2.24) is 14.9 Å². The van der Waals surface area contributed by atoms with E-state index in [-0.39, 0.29) is 11.8 Å². The Labute approximate surface area is 152 Å². The molecule has 1 N–H and O–H groups in total. The van der Waals surface area contributed by atoms with E-state index in [4.69, 9.17) is 0 Å². The van der Waals surface area contributed by atoms with Crippen LogP contribution in [0, 0.1) is 0 Å². The van der Waals surface area contributed by atoms with Gasteiger partial charge in [0.2, 0.25) is 0 Å². The minimum absolute atomic E-state index is 0.108. The fourth-order valence-electron chi connectivity index (χ4n) is 3.81. The summed E-state index contributed by atoms with van der Waals surface area (Å²) < 4.78 is 1.91. The molecule has 2 amide bonds. The quantitative estimate of drug-likeness (QED) is 0.861. The molecule has 26 heavy (non-hydrogen) atoms. The first-order valence-electron chi connectivity index (χ1n) is 9.09. The second-order valence-electron chi connectivity index (χ2n) is 6.67. The van der Waals surface area contributed by atoms with Crippen LogP contribution in [0.3, 0.4) is 0 Å². The molecule has 1 aromatic heterocycles. The van der Waals surface area contributed by atoms with E-state index in [1.54, 1.807) is 11.0 Å². The maximum atomic E-state index is 13.2. The summed E-state index contributed by atoms with van der Waals surface area (Å²) >= 11 is 0. The Bertz CT molecular complexity index is 884. The molecule has 0 aliphatic carbocycles. The number of nitrogens with one attached hydrogen (secondary N) is 1. The highest BCUT2D eigenvalue weighted by Crippen LogP contribution is 2.30. The number of benzene rings is 1. The van der Waals surface area contributed by atoms with E-state index in [9.17, 15) is 9.59 Å². The number of nitrogens with zero attached hydrogens (tertiary/aromatic N) is 3. The third-order valence-electron chi connectivity index (χ3n) is 5.06. The topological polar surface area (TPSA) is 67.2 Å². The van der Waals surface area contributed by atoms with E-state index >= 15 is 0 Å². The number of aromatic nitrogens is 2. The Hall–Kier alpha value is -2.89. The number of anilines is 1. The molecule has 0 bridgehead atoms. The summed E-state index contributed by atoms with van der Waals surface area (Å²) in [5, 5.41) is 2.77. The highest BCUT2D eigenvalue weighted by atomic mass is 16.2. The van der Waals surface area contributed by atoms with Crippen molar-refractivity contribution in [3.8, 4) is 0 Å². The fraction of sp³-hybridized carbons (Fsp3) is 0.350.